The number of thioether (sulfide) groups is 1. The van der Waals surface area contributed by atoms with Crippen molar-refractivity contribution in [1.82, 2.24) is 0 Å². The molecular formula is C15H13F2NOS2. The molecule has 0 fully saturated rings. The molecule has 21 heavy (non-hydrogen) atoms. The van der Waals surface area contributed by atoms with Crippen LogP contribution >= 0.6 is 23.1 Å². The van der Waals surface area contributed by atoms with Crippen molar-refractivity contribution in [2.24, 2.45) is 0 Å². The minimum absolute atomic E-state index is 0.342. The van der Waals surface area contributed by atoms with Crippen molar-refractivity contribution in [3.8, 4) is 0 Å². The minimum atomic E-state index is -2.52. The topological polar surface area (TPSA) is 29.1 Å². The Morgan fingerprint density at radius 3 is 2.76 bits per heavy atom. The SMILES string of the molecule is Cc1ccsc1C=CC(=O)Nc1ccccc1SC(F)F. The first kappa shape index (κ1) is 15.7. The molecule has 1 aromatic carbocycles. The molecule has 2 rings (SSSR count). The molecule has 0 aliphatic carbocycles. The number of hydrogen-bond acceptors (Lipinski definition) is 3. The summed E-state index contributed by atoms with van der Waals surface area (Å²) in [5, 5.41) is 4.57. The van der Waals surface area contributed by atoms with Gasteiger partial charge in [-0.25, -0.2) is 0 Å². The molecular weight excluding hydrogens is 312 g/mol. The van der Waals surface area contributed by atoms with E-state index >= 15 is 0 Å². The van der Waals surface area contributed by atoms with Crippen LogP contribution in [0.3, 0.4) is 0 Å². The summed E-state index contributed by atoms with van der Waals surface area (Å²) in [6.07, 6.45) is 3.13. The number of thiophene rings is 1. The van der Waals surface area contributed by atoms with Gasteiger partial charge < -0.3 is 5.32 Å². The average Bonchev–Trinajstić information content (AvgIpc) is 2.84. The van der Waals surface area contributed by atoms with Crippen LogP contribution in [-0.2, 0) is 4.79 Å². The predicted molar refractivity (Wildman–Crippen MR) is 85.0 cm³/mol. The number of carbonyl (C=O) groups is 1. The first-order valence-electron chi connectivity index (χ1n) is 6.13. The number of anilines is 1. The lowest BCUT2D eigenvalue weighted by Gasteiger charge is -2.08. The number of para-hydroxylation sites is 1. The Balaban J connectivity index is 2.06. The van der Waals surface area contributed by atoms with E-state index in [2.05, 4.69) is 5.32 Å². The molecule has 110 valence electrons. The van der Waals surface area contributed by atoms with Gasteiger partial charge in [0.25, 0.3) is 5.76 Å². The highest BCUT2D eigenvalue weighted by atomic mass is 32.2. The van der Waals surface area contributed by atoms with Crippen LogP contribution in [0.1, 0.15) is 10.4 Å². The highest BCUT2D eigenvalue weighted by Gasteiger charge is 2.10. The van der Waals surface area contributed by atoms with Crippen molar-refractivity contribution in [3.05, 3.63) is 52.2 Å². The molecule has 0 spiro atoms. The number of alkyl halides is 2. The molecule has 0 saturated carbocycles. The van der Waals surface area contributed by atoms with Gasteiger partial charge in [0.05, 0.1) is 5.69 Å². The van der Waals surface area contributed by atoms with Crippen LogP contribution in [0.5, 0.6) is 0 Å². The normalized spacial score (nSPS) is 11.2. The largest absolute Gasteiger partial charge is 0.321 e. The highest BCUT2D eigenvalue weighted by molar-refractivity contribution is 7.99. The maximum Gasteiger partial charge on any atom is 0.288 e. The van der Waals surface area contributed by atoms with Crippen molar-refractivity contribution < 1.29 is 13.6 Å². The lowest BCUT2D eigenvalue weighted by molar-refractivity contribution is -0.111. The zero-order valence-electron chi connectivity index (χ0n) is 11.2. The lowest BCUT2D eigenvalue weighted by Crippen LogP contribution is -2.08. The summed E-state index contributed by atoms with van der Waals surface area (Å²) in [6.45, 7) is 1.96. The van der Waals surface area contributed by atoms with Gasteiger partial charge in [-0.1, -0.05) is 23.9 Å². The van der Waals surface area contributed by atoms with E-state index in [4.69, 9.17) is 0 Å². The molecule has 2 aromatic rings. The average molecular weight is 325 g/mol. The molecule has 2 nitrogen and oxygen atoms in total. The molecule has 1 amide bonds. The number of nitrogens with one attached hydrogen (secondary N) is 1. The van der Waals surface area contributed by atoms with Crippen LogP contribution in [0.4, 0.5) is 14.5 Å². The van der Waals surface area contributed by atoms with E-state index in [-0.39, 0.29) is 5.91 Å². The fourth-order valence-electron chi connectivity index (χ4n) is 1.65. The Labute approximate surface area is 129 Å². The summed E-state index contributed by atoms with van der Waals surface area (Å²) in [4.78, 5) is 13.2. The summed E-state index contributed by atoms with van der Waals surface area (Å²) >= 11 is 1.95. The molecule has 0 saturated heterocycles. The third kappa shape index (κ3) is 4.68. The van der Waals surface area contributed by atoms with Crippen molar-refractivity contribution in [2.45, 2.75) is 17.6 Å². The van der Waals surface area contributed by atoms with Crippen LogP contribution in [0.15, 0.2) is 46.7 Å². The van der Waals surface area contributed by atoms with Crippen molar-refractivity contribution in [3.63, 3.8) is 0 Å². The molecule has 1 N–H and O–H groups in total. The van der Waals surface area contributed by atoms with Gasteiger partial charge in [-0.15, -0.1) is 11.3 Å². The number of halogens is 2. The highest BCUT2D eigenvalue weighted by Crippen LogP contribution is 2.31. The molecule has 1 aromatic heterocycles. The summed E-state index contributed by atoms with van der Waals surface area (Å²) in [6, 6.07) is 8.48. The van der Waals surface area contributed by atoms with Crippen LogP contribution in [0.2, 0.25) is 0 Å². The first-order valence-corrected chi connectivity index (χ1v) is 7.89. The zero-order valence-corrected chi connectivity index (χ0v) is 12.8. The Morgan fingerprint density at radius 1 is 1.33 bits per heavy atom. The second-order valence-corrected chi connectivity index (χ2v) is 6.14. The van der Waals surface area contributed by atoms with Gasteiger partial charge in [0.15, 0.2) is 0 Å². The van der Waals surface area contributed by atoms with Gasteiger partial charge in [0.1, 0.15) is 0 Å². The maximum absolute atomic E-state index is 12.5. The van der Waals surface area contributed by atoms with Gasteiger partial charge >= 0.3 is 0 Å². The summed E-state index contributed by atoms with van der Waals surface area (Å²) < 4.78 is 24.9. The number of hydrogen-bond donors (Lipinski definition) is 1. The molecule has 0 aliphatic heterocycles. The quantitative estimate of drug-likeness (QED) is 0.617. The van der Waals surface area contributed by atoms with Crippen LogP contribution < -0.4 is 5.32 Å². The predicted octanol–water partition coefficient (Wildman–Crippen LogP) is 5.02. The van der Waals surface area contributed by atoms with E-state index in [0.29, 0.717) is 22.3 Å². The van der Waals surface area contributed by atoms with E-state index in [0.717, 1.165) is 10.4 Å². The van der Waals surface area contributed by atoms with E-state index in [1.807, 2.05) is 18.4 Å². The number of benzene rings is 1. The van der Waals surface area contributed by atoms with E-state index in [9.17, 15) is 13.6 Å². The van der Waals surface area contributed by atoms with Crippen LogP contribution in [0.25, 0.3) is 6.08 Å². The maximum atomic E-state index is 12.5. The van der Waals surface area contributed by atoms with Gasteiger partial charge in [0, 0.05) is 15.8 Å². The molecule has 0 aliphatic rings. The smallest absolute Gasteiger partial charge is 0.288 e. The van der Waals surface area contributed by atoms with Gasteiger partial charge in [-0.2, -0.15) is 8.78 Å². The summed E-state index contributed by atoms with van der Waals surface area (Å²) in [7, 11) is 0. The zero-order chi connectivity index (χ0) is 15.2. The van der Waals surface area contributed by atoms with E-state index in [1.54, 1.807) is 30.3 Å². The van der Waals surface area contributed by atoms with Crippen molar-refractivity contribution in [2.75, 3.05) is 5.32 Å². The lowest BCUT2D eigenvalue weighted by atomic mass is 10.2. The molecule has 0 radical (unpaired) electrons. The second-order valence-electron chi connectivity index (χ2n) is 4.17. The van der Waals surface area contributed by atoms with Crippen molar-refractivity contribution >= 4 is 40.8 Å². The monoisotopic (exact) mass is 325 g/mol. The fraction of sp³-hybridized carbons (Fsp3) is 0.133. The van der Waals surface area contributed by atoms with Gasteiger partial charge in [-0.05, 0) is 42.1 Å². The standard InChI is InChI=1S/C15H13F2NOS2/c1-10-8-9-20-12(10)6-7-14(19)18-11-4-2-3-5-13(11)21-15(16)17/h2-9,15H,1H3,(H,18,19). The van der Waals surface area contributed by atoms with E-state index < -0.39 is 5.76 Å². The Bertz CT molecular complexity index is 653. The Hall–Kier alpha value is -1.66. The summed E-state index contributed by atoms with van der Waals surface area (Å²) in [5.74, 6) is -2.86. The molecule has 0 bridgehead atoms. The third-order valence-corrected chi connectivity index (χ3v) is 4.42. The van der Waals surface area contributed by atoms with E-state index in [1.165, 1.54) is 17.4 Å². The number of rotatable bonds is 5. The molecule has 6 heteroatoms. The molecule has 0 unspecified atom stereocenters. The third-order valence-electron chi connectivity index (χ3n) is 2.65. The molecule has 0 atom stereocenters. The van der Waals surface area contributed by atoms with Crippen molar-refractivity contribution in [1.29, 1.82) is 0 Å². The number of carbonyl (C=O) groups excluding carboxylic acids is 1. The van der Waals surface area contributed by atoms with Crippen LogP contribution in [0, 0.1) is 6.92 Å². The fourth-order valence-corrected chi connectivity index (χ4v) is 3.06. The second kappa shape index (κ2) is 7.38. The summed E-state index contributed by atoms with van der Waals surface area (Å²) in [5.41, 5.74) is 1.48. The van der Waals surface area contributed by atoms with Gasteiger partial charge in [-0.3, -0.25) is 4.79 Å². The number of amides is 1. The Kier molecular flexibility index (Phi) is 5.52. The first-order chi connectivity index (χ1) is 10.1. The molecule has 1 heterocycles. The number of aryl methyl sites for hydroxylation is 1. The minimum Gasteiger partial charge on any atom is -0.321 e. The Morgan fingerprint density at radius 2 is 2.10 bits per heavy atom. The van der Waals surface area contributed by atoms with Crippen LogP contribution in [-0.4, -0.2) is 11.7 Å². The van der Waals surface area contributed by atoms with Gasteiger partial charge in [0.2, 0.25) is 5.91 Å².